The Kier molecular flexibility index (Phi) is 4.06. The van der Waals surface area contributed by atoms with E-state index in [4.69, 9.17) is 22.2 Å². The van der Waals surface area contributed by atoms with Crippen LogP contribution in [0.3, 0.4) is 0 Å². The fourth-order valence-electron chi connectivity index (χ4n) is 2.06. The predicted molar refractivity (Wildman–Crippen MR) is 92.7 cm³/mol. The largest absolute Gasteiger partial charge is 0.442 e. The minimum absolute atomic E-state index is 0.306. The maximum atomic E-state index is 5.91. The zero-order valence-corrected chi connectivity index (χ0v) is 14.1. The van der Waals surface area contributed by atoms with Gasteiger partial charge in [-0.2, -0.15) is 4.98 Å². The zero-order chi connectivity index (χ0) is 16.6. The molecular formula is C15H14ClN5OS. The van der Waals surface area contributed by atoms with Gasteiger partial charge in [-0.05, 0) is 38.1 Å². The smallest absolute Gasteiger partial charge is 0.254 e. The van der Waals surface area contributed by atoms with Gasteiger partial charge in [-0.25, -0.2) is 4.52 Å². The molecule has 0 aliphatic carbocycles. The number of nitrogens with zero attached hydrogens (tertiary/aromatic N) is 4. The molecule has 3 aromatic rings. The van der Waals surface area contributed by atoms with Gasteiger partial charge in [0.1, 0.15) is 4.88 Å². The van der Waals surface area contributed by atoms with Crippen molar-refractivity contribution in [2.45, 2.75) is 13.8 Å². The van der Waals surface area contributed by atoms with E-state index in [0.717, 1.165) is 21.1 Å². The van der Waals surface area contributed by atoms with Crippen molar-refractivity contribution in [3.8, 4) is 11.4 Å². The molecule has 3 rings (SSSR count). The number of nitrogens with two attached hydrogens (primary N) is 1. The van der Waals surface area contributed by atoms with Gasteiger partial charge < -0.3 is 10.6 Å². The average Bonchev–Trinajstić information content (AvgIpc) is 3.05. The molecule has 0 saturated carbocycles. The van der Waals surface area contributed by atoms with E-state index >= 15 is 0 Å². The van der Waals surface area contributed by atoms with Gasteiger partial charge in [-0.15, -0.1) is 10.2 Å². The van der Waals surface area contributed by atoms with E-state index in [2.05, 4.69) is 21.8 Å². The number of aryl methyl sites for hydroxylation is 1. The quantitative estimate of drug-likeness (QED) is 0.258. The minimum Gasteiger partial charge on any atom is -0.442 e. The van der Waals surface area contributed by atoms with Gasteiger partial charge in [-0.3, -0.25) is 0 Å². The molecule has 0 aliphatic rings. The lowest BCUT2D eigenvalue weighted by Crippen LogP contribution is -2.08. The summed E-state index contributed by atoms with van der Waals surface area (Å²) < 4.78 is 7.20. The highest BCUT2D eigenvalue weighted by Gasteiger charge is 2.19. The van der Waals surface area contributed by atoms with Gasteiger partial charge in [0.15, 0.2) is 5.82 Å². The number of allylic oxidation sites excluding steroid dienone is 1. The van der Waals surface area contributed by atoms with Crippen LogP contribution in [0.15, 0.2) is 41.7 Å². The highest BCUT2D eigenvalue weighted by Crippen LogP contribution is 2.26. The number of hydrogen-bond donors (Lipinski definition) is 1. The van der Waals surface area contributed by atoms with Crippen LogP contribution in [-0.2, 0) is 4.74 Å². The molecule has 0 atom stereocenters. The molecule has 2 N–H and O–H groups in total. The van der Waals surface area contributed by atoms with Crippen LogP contribution >= 0.6 is 22.9 Å². The van der Waals surface area contributed by atoms with E-state index in [0.29, 0.717) is 22.5 Å². The monoisotopic (exact) mass is 347 g/mol. The van der Waals surface area contributed by atoms with E-state index in [9.17, 15) is 0 Å². The molecular weight excluding hydrogens is 334 g/mol. The van der Waals surface area contributed by atoms with E-state index in [-0.39, 0.29) is 0 Å². The van der Waals surface area contributed by atoms with Crippen molar-refractivity contribution in [3.63, 3.8) is 0 Å². The number of hydrogen-bond acceptors (Lipinski definition) is 6. The summed E-state index contributed by atoms with van der Waals surface area (Å²) in [5, 5.41) is 8.89. The van der Waals surface area contributed by atoms with Gasteiger partial charge in [0.25, 0.3) is 5.90 Å². The lowest BCUT2D eigenvalue weighted by atomic mass is 10.2. The summed E-state index contributed by atoms with van der Waals surface area (Å²) in [4.78, 5) is 6.05. The van der Waals surface area contributed by atoms with Gasteiger partial charge >= 0.3 is 0 Å². The first-order valence-corrected chi connectivity index (χ1v) is 7.92. The molecule has 23 heavy (non-hydrogen) atoms. The number of thiazole rings is 1. The van der Waals surface area contributed by atoms with Crippen molar-refractivity contribution in [2.75, 3.05) is 0 Å². The predicted octanol–water partition coefficient (Wildman–Crippen LogP) is 3.59. The Bertz CT molecular complexity index is 910. The van der Waals surface area contributed by atoms with Crippen molar-refractivity contribution in [1.82, 2.24) is 14.6 Å². The van der Waals surface area contributed by atoms with Gasteiger partial charge in [0.05, 0.1) is 11.5 Å². The topological polar surface area (TPSA) is 77.8 Å². The summed E-state index contributed by atoms with van der Waals surface area (Å²) >= 11 is 7.31. The lowest BCUT2D eigenvalue weighted by molar-refractivity contribution is 0.420. The molecule has 0 saturated heterocycles. The molecule has 118 valence electrons. The third-order valence-electron chi connectivity index (χ3n) is 3.10. The van der Waals surface area contributed by atoms with Gasteiger partial charge in [0, 0.05) is 10.6 Å². The SMILES string of the molecule is C=C(C)O/C(=N\N)c1sc2nc(-c3ccc(Cl)cc3)nn2c1C. The van der Waals surface area contributed by atoms with Crippen molar-refractivity contribution >= 4 is 33.8 Å². The number of fused-ring (bicyclic) bond motifs is 1. The van der Waals surface area contributed by atoms with Crippen LogP contribution in [0.5, 0.6) is 0 Å². The third kappa shape index (κ3) is 2.93. The Balaban J connectivity index is 2.03. The Morgan fingerprint density at radius 1 is 1.39 bits per heavy atom. The zero-order valence-electron chi connectivity index (χ0n) is 12.6. The fourth-order valence-corrected chi connectivity index (χ4v) is 3.18. The van der Waals surface area contributed by atoms with Crippen molar-refractivity contribution in [1.29, 1.82) is 0 Å². The molecule has 0 fully saturated rings. The van der Waals surface area contributed by atoms with E-state index in [1.54, 1.807) is 11.4 Å². The first-order chi connectivity index (χ1) is 11.0. The summed E-state index contributed by atoms with van der Waals surface area (Å²) in [6.45, 7) is 7.34. The number of rotatable bonds is 3. The van der Waals surface area contributed by atoms with Gasteiger partial charge in [0.2, 0.25) is 4.96 Å². The summed E-state index contributed by atoms with van der Waals surface area (Å²) in [5.41, 5.74) is 1.75. The molecule has 8 heteroatoms. The number of aromatic nitrogens is 3. The van der Waals surface area contributed by atoms with Crippen LogP contribution in [0.1, 0.15) is 17.5 Å². The first-order valence-electron chi connectivity index (χ1n) is 6.73. The van der Waals surface area contributed by atoms with Crippen LogP contribution in [-0.4, -0.2) is 20.5 Å². The Morgan fingerprint density at radius 2 is 2.09 bits per heavy atom. The minimum atomic E-state index is 0.306. The van der Waals surface area contributed by atoms with Crippen LogP contribution in [0.4, 0.5) is 0 Å². The highest BCUT2D eigenvalue weighted by atomic mass is 35.5. The van der Waals surface area contributed by atoms with E-state index in [1.165, 1.54) is 11.3 Å². The molecule has 0 unspecified atom stereocenters. The lowest BCUT2D eigenvalue weighted by Gasteiger charge is -2.05. The van der Waals surface area contributed by atoms with Crippen molar-refractivity contribution < 1.29 is 4.74 Å². The number of ether oxygens (including phenoxy) is 1. The third-order valence-corrected chi connectivity index (χ3v) is 4.47. The summed E-state index contributed by atoms with van der Waals surface area (Å²) in [7, 11) is 0. The maximum Gasteiger partial charge on any atom is 0.254 e. The normalized spacial score (nSPS) is 11.9. The van der Waals surface area contributed by atoms with Crippen LogP contribution in [0, 0.1) is 6.92 Å². The Labute approximate surface area is 141 Å². The summed E-state index contributed by atoms with van der Waals surface area (Å²) in [6.07, 6.45) is 0. The van der Waals surface area contributed by atoms with E-state index < -0.39 is 0 Å². The molecule has 6 nitrogen and oxygen atoms in total. The number of hydrazone groups is 1. The molecule has 0 bridgehead atoms. The second kappa shape index (κ2) is 6.02. The van der Waals surface area contributed by atoms with Crippen LogP contribution in [0.2, 0.25) is 5.02 Å². The maximum absolute atomic E-state index is 5.91. The van der Waals surface area contributed by atoms with Crippen molar-refractivity contribution in [2.24, 2.45) is 10.9 Å². The van der Waals surface area contributed by atoms with Crippen LogP contribution in [0.25, 0.3) is 16.3 Å². The molecule has 0 aliphatic heterocycles. The molecule has 0 spiro atoms. The molecule has 2 aromatic heterocycles. The Hall–Kier alpha value is -2.38. The second-order valence-electron chi connectivity index (χ2n) is 4.89. The van der Waals surface area contributed by atoms with Crippen molar-refractivity contribution in [3.05, 3.63) is 52.2 Å². The standard InChI is InChI=1S/C15H14ClN5OS/c1-8(2)22-14(19-17)12-9(3)21-15(23-12)18-13(20-21)10-4-6-11(16)7-5-10/h4-7H,1,17H2,2-3H3/b19-14-. The summed E-state index contributed by atoms with van der Waals surface area (Å²) in [6, 6.07) is 7.39. The highest BCUT2D eigenvalue weighted by molar-refractivity contribution is 7.19. The Morgan fingerprint density at radius 3 is 2.65 bits per heavy atom. The fraction of sp³-hybridized carbons (Fsp3) is 0.133. The molecule has 1 aromatic carbocycles. The average molecular weight is 348 g/mol. The first kappa shape index (κ1) is 15.5. The molecule has 0 amide bonds. The van der Waals surface area contributed by atoms with Gasteiger partial charge in [-0.1, -0.05) is 29.5 Å². The second-order valence-corrected chi connectivity index (χ2v) is 6.31. The van der Waals surface area contributed by atoms with E-state index in [1.807, 2.05) is 31.2 Å². The number of halogens is 1. The number of benzene rings is 1. The molecule has 2 heterocycles. The summed E-state index contributed by atoms with van der Waals surface area (Å²) in [5.74, 6) is 6.86. The molecule has 0 radical (unpaired) electrons. The van der Waals surface area contributed by atoms with Crippen LogP contribution < -0.4 is 5.84 Å².